The highest BCUT2D eigenvalue weighted by atomic mass is 19.1. The quantitative estimate of drug-likeness (QED) is 0.618. The number of nitro groups is 1. The number of hydrogen-bond acceptors (Lipinski definition) is 4. The molecule has 1 unspecified atom stereocenters. The second kappa shape index (κ2) is 5.41. The van der Waals surface area contributed by atoms with E-state index in [0.29, 0.717) is 6.42 Å². The van der Waals surface area contributed by atoms with E-state index in [4.69, 9.17) is 4.74 Å². The van der Waals surface area contributed by atoms with Gasteiger partial charge < -0.3 is 9.84 Å². The third-order valence-corrected chi connectivity index (χ3v) is 2.03. The van der Waals surface area contributed by atoms with Crippen LogP contribution in [0.2, 0.25) is 0 Å². The molecule has 1 N–H and O–H groups in total. The molecule has 6 heteroatoms. The van der Waals surface area contributed by atoms with Crippen LogP contribution >= 0.6 is 0 Å². The predicted octanol–water partition coefficient (Wildman–Crippen LogP) is 1.88. The maximum atomic E-state index is 13.1. The number of nitrogens with zero attached hydrogens (tertiary/aromatic N) is 1. The lowest BCUT2D eigenvalue weighted by Crippen LogP contribution is -2.16. The average molecular weight is 229 g/mol. The van der Waals surface area contributed by atoms with E-state index >= 15 is 0 Å². The molecule has 0 bridgehead atoms. The van der Waals surface area contributed by atoms with Gasteiger partial charge in [-0.05, 0) is 12.5 Å². The molecule has 1 atom stereocenters. The number of halogens is 1. The van der Waals surface area contributed by atoms with Crippen LogP contribution in [0.5, 0.6) is 5.75 Å². The molecule has 0 heterocycles. The van der Waals surface area contributed by atoms with Crippen molar-refractivity contribution in [2.75, 3.05) is 6.61 Å². The molecule has 0 amide bonds. The van der Waals surface area contributed by atoms with Gasteiger partial charge in [-0.3, -0.25) is 10.1 Å². The van der Waals surface area contributed by atoms with Crippen molar-refractivity contribution in [1.29, 1.82) is 0 Å². The van der Waals surface area contributed by atoms with Crippen molar-refractivity contribution in [2.24, 2.45) is 0 Å². The van der Waals surface area contributed by atoms with E-state index in [9.17, 15) is 19.6 Å². The van der Waals surface area contributed by atoms with Gasteiger partial charge in [0.15, 0.2) is 0 Å². The molecular formula is C10H12FNO4. The second-order valence-electron chi connectivity index (χ2n) is 3.24. The first-order chi connectivity index (χ1) is 7.54. The molecule has 0 saturated heterocycles. The van der Waals surface area contributed by atoms with Crippen LogP contribution in [-0.4, -0.2) is 22.7 Å². The number of ether oxygens (including phenoxy) is 1. The van der Waals surface area contributed by atoms with Crippen molar-refractivity contribution in [2.45, 2.75) is 19.4 Å². The Morgan fingerprint density at radius 3 is 2.81 bits per heavy atom. The van der Waals surface area contributed by atoms with Gasteiger partial charge in [0.2, 0.25) is 5.82 Å². The minimum absolute atomic E-state index is 0.0355. The number of hydrogen-bond donors (Lipinski definition) is 1. The standard InChI is InChI=1S/C10H12FNO4/c1-2-7(13)6-16-8-3-4-10(12(14)15)9(11)5-8/h3-5,7,13H,2,6H2,1H3. The first kappa shape index (κ1) is 12.4. The fourth-order valence-corrected chi connectivity index (χ4v) is 1.04. The summed E-state index contributed by atoms with van der Waals surface area (Å²) in [5.74, 6) is -0.788. The molecule has 0 aliphatic carbocycles. The Labute approximate surface area is 91.6 Å². The second-order valence-corrected chi connectivity index (χ2v) is 3.24. The Balaban J connectivity index is 2.70. The summed E-state index contributed by atoms with van der Waals surface area (Å²) in [4.78, 5) is 9.52. The summed E-state index contributed by atoms with van der Waals surface area (Å²) in [5, 5.41) is 19.5. The number of benzene rings is 1. The number of aliphatic hydroxyl groups is 1. The smallest absolute Gasteiger partial charge is 0.305 e. The van der Waals surface area contributed by atoms with Crippen LogP contribution in [-0.2, 0) is 0 Å². The predicted molar refractivity (Wildman–Crippen MR) is 54.8 cm³/mol. The third-order valence-electron chi connectivity index (χ3n) is 2.03. The normalized spacial score (nSPS) is 12.2. The summed E-state index contributed by atoms with van der Waals surface area (Å²) < 4.78 is 18.2. The molecule has 0 aliphatic rings. The van der Waals surface area contributed by atoms with Gasteiger partial charge >= 0.3 is 5.69 Å². The fraction of sp³-hybridized carbons (Fsp3) is 0.400. The summed E-state index contributed by atoms with van der Waals surface area (Å²) in [6.45, 7) is 1.82. The zero-order valence-electron chi connectivity index (χ0n) is 8.72. The molecule has 0 aromatic heterocycles. The minimum Gasteiger partial charge on any atom is -0.491 e. The van der Waals surface area contributed by atoms with Crippen LogP contribution in [0.25, 0.3) is 0 Å². The van der Waals surface area contributed by atoms with Crippen LogP contribution < -0.4 is 4.74 Å². The molecule has 1 aromatic rings. The Morgan fingerprint density at radius 2 is 2.31 bits per heavy atom. The summed E-state index contributed by atoms with van der Waals surface area (Å²) in [6.07, 6.45) is -0.103. The van der Waals surface area contributed by atoms with Gasteiger partial charge in [0, 0.05) is 12.1 Å². The van der Waals surface area contributed by atoms with Crippen LogP contribution in [0.1, 0.15) is 13.3 Å². The van der Waals surface area contributed by atoms with E-state index in [1.54, 1.807) is 6.92 Å². The highest BCUT2D eigenvalue weighted by Gasteiger charge is 2.14. The van der Waals surface area contributed by atoms with E-state index in [1.807, 2.05) is 0 Å². The Bertz CT molecular complexity index is 383. The lowest BCUT2D eigenvalue weighted by molar-refractivity contribution is -0.387. The highest BCUT2D eigenvalue weighted by Crippen LogP contribution is 2.22. The zero-order valence-corrected chi connectivity index (χ0v) is 8.72. The average Bonchev–Trinajstić information content (AvgIpc) is 2.25. The van der Waals surface area contributed by atoms with E-state index in [1.165, 1.54) is 6.07 Å². The van der Waals surface area contributed by atoms with Gasteiger partial charge in [-0.15, -0.1) is 0 Å². The van der Waals surface area contributed by atoms with Crippen molar-refractivity contribution in [3.8, 4) is 5.75 Å². The molecule has 0 fully saturated rings. The zero-order chi connectivity index (χ0) is 12.1. The van der Waals surface area contributed by atoms with Crippen molar-refractivity contribution in [3.05, 3.63) is 34.1 Å². The number of rotatable bonds is 5. The molecule has 0 radical (unpaired) electrons. The van der Waals surface area contributed by atoms with Crippen LogP contribution in [0.15, 0.2) is 18.2 Å². The summed E-state index contributed by atoms with van der Waals surface area (Å²) in [5.41, 5.74) is -0.594. The first-order valence-corrected chi connectivity index (χ1v) is 4.79. The first-order valence-electron chi connectivity index (χ1n) is 4.79. The van der Waals surface area contributed by atoms with Crippen LogP contribution in [0, 0.1) is 15.9 Å². The lowest BCUT2D eigenvalue weighted by Gasteiger charge is -2.09. The summed E-state index contributed by atoms with van der Waals surface area (Å²) in [7, 11) is 0. The molecule has 88 valence electrons. The molecule has 1 aromatic carbocycles. The summed E-state index contributed by atoms with van der Waals surface area (Å²) >= 11 is 0. The maximum absolute atomic E-state index is 13.1. The monoisotopic (exact) mass is 229 g/mol. The van der Waals surface area contributed by atoms with Gasteiger partial charge in [-0.2, -0.15) is 4.39 Å². The third kappa shape index (κ3) is 3.16. The molecule has 0 spiro atoms. The van der Waals surface area contributed by atoms with Gasteiger partial charge in [0.1, 0.15) is 12.4 Å². The molecule has 0 aliphatic heterocycles. The van der Waals surface area contributed by atoms with Crippen molar-refractivity contribution >= 4 is 5.69 Å². The molecule has 0 saturated carbocycles. The minimum atomic E-state index is -0.950. The molecule has 1 rings (SSSR count). The van der Waals surface area contributed by atoms with Crippen molar-refractivity contribution < 1.29 is 19.2 Å². The number of nitro benzene ring substituents is 1. The summed E-state index contributed by atoms with van der Waals surface area (Å²) in [6, 6.07) is 3.26. The van der Waals surface area contributed by atoms with E-state index in [0.717, 1.165) is 12.1 Å². The highest BCUT2D eigenvalue weighted by molar-refractivity contribution is 5.37. The van der Waals surface area contributed by atoms with Gasteiger partial charge in [0.05, 0.1) is 11.0 Å². The Hall–Kier alpha value is -1.69. The largest absolute Gasteiger partial charge is 0.491 e. The van der Waals surface area contributed by atoms with E-state index in [-0.39, 0.29) is 12.4 Å². The fourth-order valence-electron chi connectivity index (χ4n) is 1.04. The van der Waals surface area contributed by atoms with Gasteiger partial charge in [0.25, 0.3) is 0 Å². The Kier molecular flexibility index (Phi) is 4.19. The molecular weight excluding hydrogens is 217 g/mol. The molecule has 5 nitrogen and oxygen atoms in total. The maximum Gasteiger partial charge on any atom is 0.305 e. The van der Waals surface area contributed by atoms with E-state index < -0.39 is 22.5 Å². The molecule has 16 heavy (non-hydrogen) atoms. The van der Waals surface area contributed by atoms with E-state index in [2.05, 4.69) is 0 Å². The van der Waals surface area contributed by atoms with Crippen molar-refractivity contribution in [3.63, 3.8) is 0 Å². The van der Waals surface area contributed by atoms with Gasteiger partial charge in [-0.25, -0.2) is 0 Å². The lowest BCUT2D eigenvalue weighted by atomic mass is 10.3. The SMILES string of the molecule is CCC(O)COc1ccc([N+](=O)[O-])c(F)c1. The number of aliphatic hydroxyl groups excluding tert-OH is 1. The van der Waals surface area contributed by atoms with Gasteiger partial charge in [-0.1, -0.05) is 6.92 Å². The van der Waals surface area contributed by atoms with Crippen molar-refractivity contribution in [1.82, 2.24) is 0 Å². The topological polar surface area (TPSA) is 72.6 Å². The van der Waals surface area contributed by atoms with Crippen LogP contribution in [0.4, 0.5) is 10.1 Å². The van der Waals surface area contributed by atoms with Crippen LogP contribution in [0.3, 0.4) is 0 Å². The Morgan fingerprint density at radius 1 is 1.62 bits per heavy atom.